The molecule has 1 fully saturated rings. The summed E-state index contributed by atoms with van der Waals surface area (Å²) in [6, 6.07) is 16.3. The van der Waals surface area contributed by atoms with Gasteiger partial charge in [-0.1, -0.05) is 47.7 Å². The normalized spacial score (nSPS) is 13.8. The Labute approximate surface area is 165 Å². The summed E-state index contributed by atoms with van der Waals surface area (Å²) in [4.78, 5) is 37.5. The van der Waals surface area contributed by atoms with Crippen molar-refractivity contribution in [2.45, 2.75) is 19.3 Å². The summed E-state index contributed by atoms with van der Waals surface area (Å²) in [6.07, 6.45) is 1.04. The molecule has 0 radical (unpaired) electrons. The van der Waals surface area contributed by atoms with E-state index in [0.717, 1.165) is 15.5 Å². The predicted octanol–water partition coefficient (Wildman–Crippen LogP) is 3.03. The third kappa shape index (κ3) is 3.81. The molecule has 0 spiro atoms. The van der Waals surface area contributed by atoms with Gasteiger partial charge in [-0.05, 0) is 23.8 Å². The van der Waals surface area contributed by atoms with Gasteiger partial charge in [-0.25, -0.2) is 0 Å². The van der Waals surface area contributed by atoms with Gasteiger partial charge in [0.15, 0.2) is 0 Å². The second kappa shape index (κ2) is 7.69. The molecule has 1 saturated heterocycles. The fourth-order valence-electron chi connectivity index (χ4n) is 2.97. The molecule has 0 aliphatic carbocycles. The van der Waals surface area contributed by atoms with E-state index >= 15 is 0 Å². The van der Waals surface area contributed by atoms with Gasteiger partial charge in [-0.2, -0.15) is 0 Å². The Balaban J connectivity index is 1.46. The molecule has 4 rings (SSSR count). The Bertz CT molecular complexity index is 1030. The van der Waals surface area contributed by atoms with Crippen molar-refractivity contribution in [2.24, 2.45) is 0 Å². The van der Waals surface area contributed by atoms with Crippen LogP contribution in [0.15, 0.2) is 54.6 Å². The van der Waals surface area contributed by atoms with Crippen LogP contribution in [0.5, 0.6) is 0 Å². The maximum atomic E-state index is 12.6. The molecule has 1 N–H and O–H groups in total. The van der Waals surface area contributed by atoms with Crippen LogP contribution in [-0.4, -0.2) is 27.9 Å². The highest BCUT2D eigenvalue weighted by Gasteiger charge is 2.30. The van der Waals surface area contributed by atoms with Crippen molar-refractivity contribution in [3.63, 3.8) is 0 Å². The van der Waals surface area contributed by atoms with Crippen LogP contribution in [-0.2, 0) is 16.0 Å². The quantitative estimate of drug-likeness (QED) is 0.674. The van der Waals surface area contributed by atoms with Crippen molar-refractivity contribution in [3.8, 4) is 0 Å². The molecule has 140 valence electrons. The maximum absolute atomic E-state index is 12.6. The van der Waals surface area contributed by atoms with Gasteiger partial charge in [0, 0.05) is 24.8 Å². The number of rotatable bonds is 5. The van der Waals surface area contributed by atoms with Crippen molar-refractivity contribution in [1.29, 1.82) is 0 Å². The number of benzene rings is 2. The summed E-state index contributed by atoms with van der Waals surface area (Å²) >= 11 is 1.31. The van der Waals surface area contributed by atoms with Crippen LogP contribution in [0.4, 0.5) is 10.8 Å². The molecule has 0 saturated carbocycles. The highest BCUT2D eigenvalue weighted by atomic mass is 32.1. The first-order valence-electron chi connectivity index (χ1n) is 8.73. The fraction of sp³-hybridized carbons (Fsp3) is 0.150. The summed E-state index contributed by atoms with van der Waals surface area (Å²) in [5.74, 6) is -0.877. The molecular weight excluding hydrogens is 376 g/mol. The maximum Gasteiger partial charge on any atom is 0.257 e. The topological polar surface area (TPSA) is 92.3 Å². The molecule has 2 aromatic carbocycles. The summed E-state index contributed by atoms with van der Waals surface area (Å²) in [6.45, 7) is 0. The molecule has 7 nitrogen and oxygen atoms in total. The fourth-order valence-corrected chi connectivity index (χ4v) is 3.74. The molecule has 1 aliphatic heterocycles. The average Bonchev–Trinajstić information content (AvgIpc) is 3.28. The molecule has 0 atom stereocenters. The van der Waals surface area contributed by atoms with E-state index in [0.29, 0.717) is 22.8 Å². The Morgan fingerprint density at radius 1 is 1.00 bits per heavy atom. The summed E-state index contributed by atoms with van der Waals surface area (Å²) in [5.41, 5.74) is 1.86. The second-order valence-electron chi connectivity index (χ2n) is 6.29. The van der Waals surface area contributed by atoms with Gasteiger partial charge in [-0.3, -0.25) is 24.6 Å². The number of nitrogens with one attached hydrogen (secondary N) is 1. The van der Waals surface area contributed by atoms with Gasteiger partial charge in [0.1, 0.15) is 5.01 Å². The number of carbonyl (C=O) groups is 3. The van der Waals surface area contributed by atoms with Crippen molar-refractivity contribution >= 4 is 39.9 Å². The van der Waals surface area contributed by atoms with E-state index in [1.807, 2.05) is 30.3 Å². The smallest absolute Gasteiger partial charge is 0.257 e. The summed E-state index contributed by atoms with van der Waals surface area (Å²) < 4.78 is 0. The molecule has 3 amide bonds. The van der Waals surface area contributed by atoms with E-state index < -0.39 is 0 Å². The van der Waals surface area contributed by atoms with Crippen LogP contribution in [0.2, 0.25) is 0 Å². The zero-order valence-electron chi connectivity index (χ0n) is 14.8. The summed E-state index contributed by atoms with van der Waals surface area (Å²) in [7, 11) is 0. The molecule has 2 heterocycles. The number of aromatic nitrogens is 2. The Kier molecular flexibility index (Phi) is 4.94. The minimum Gasteiger partial charge on any atom is -0.296 e. The van der Waals surface area contributed by atoms with E-state index in [4.69, 9.17) is 0 Å². The van der Waals surface area contributed by atoms with Gasteiger partial charge in [0.05, 0.1) is 5.69 Å². The summed E-state index contributed by atoms with van der Waals surface area (Å²) in [5, 5.41) is 12.0. The molecule has 1 aromatic heterocycles. The second-order valence-corrected chi connectivity index (χ2v) is 7.35. The number of nitrogens with zero attached hydrogens (tertiary/aromatic N) is 3. The van der Waals surface area contributed by atoms with Gasteiger partial charge < -0.3 is 0 Å². The lowest BCUT2D eigenvalue weighted by molar-refractivity contribution is -0.121. The van der Waals surface area contributed by atoms with E-state index in [9.17, 15) is 14.4 Å². The zero-order chi connectivity index (χ0) is 19.5. The van der Waals surface area contributed by atoms with E-state index in [-0.39, 0.29) is 30.6 Å². The molecule has 3 aromatic rings. The largest absolute Gasteiger partial charge is 0.296 e. The Morgan fingerprint density at radius 2 is 1.75 bits per heavy atom. The van der Waals surface area contributed by atoms with Gasteiger partial charge in [0.2, 0.25) is 16.9 Å². The first kappa shape index (κ1) is 18.0. The minimum absolute atomic E-state index is 0.199. The first-order chi connectivity index (χ1) is 13.6. The number of imide groups is 1. The van der Waals surface area contributed by atoms with Crippen molar-refractivity contribution in [1.82, 2.24) is 10.2 Å². The lowest BCUT2D eigenvalue weighted by atomic mass is 10.2. The molecular formula is C20H16N4O3S. The monoisotopic (exact) mass is 392 g/mol. The van der Waals surface area contributed by atoms with Gasteiger partial charge in [0.25, 0.3) is 5.91 Å². The third-order valence-corrected chi connectivity index (χ3v) is 5.14. The molecule has 1 aliphatic rings. The highest BCUT2D eigenvalue weighted by Crippen LogP contribution is 2.24. The number of hydrogen-bond acceptors (Lipinski definition) is 6. The Hall–Kier alpha value is -3.39. The van der Waals surface area contributed by atoms with Gasteiger partial charge >= 0.3 is 0 Å². The number of amides is 3. The van der Waals surface area contributed by atoms with E-state index in [2.05, 4.69) is 15.5 Å². The first-order valence-corrected chi connectivity index (χ1v) is 9.55. The number of hydrogen-bond donors (Lipinski definition) is 1. The molecule has 28 heavy (non-hydrogen) atoms. The Morgan fingerprint density at radius 3 is 2.50 bits per heavy atom. The van der Waals surface area contributed by atoms with Crippen LogP contribution in [0.25, 0.3) is 0 Å². The molecule has 8 heteroatoms. The standard InChI is InChI=1S/C20H16N4O3S/c25-17-9-10-18(26)24(17)15-8-4-7-14(12-15)19(27)21-20-23-22-16(28-20)11-13-5-2-1-3-6-13/h1-8,12H,9-11H2,(H,21,23,27). The van der Waals surface area contributed by atoms with Gasteiger partial charge in [-0.15, -0.1) is 10.2 Å². The SMILES string of the molecule is O=C(Nc1nnc(Cc2ccccc2)s1)c1cccc(N2C(=O)CCC2=O)c1. The van der Waals surface area contributed by atoms with Crippen LogP contribution in [0.3, 0.4) is 0 Å². The van der Waals surface area contributed by atoms with Crippen LogP contribution >= 0.6 is 11.3 Å². The molecule has 0 bridgehead atoms. The highest BCUT2D eigenvalue weighted by molar-refractivity contribution is 7.15. The lowest BCUT2D eigenvalue weighted by Crippen LogP contribution is -2.28. The third-order valence-electron chi connectivity index (χ3n) is 4.30. The van der Waals surface area contributed by atoms with E-state index in [1.165, 1.54) is 17.4 Å². The zero-order valence-corrected chi connectivity index (χ0v) is 15.6. The van der Waals surface area contributed by atoms with E-state index in [1.54, 1.807) is 18.2 Å². The van der Waals surface area contributed by atoms with Crippen LogP contribution in [0.1, 0.15) is 33.8 Å². The number of carbonyl (C=O) groups excluding carboxylic acids is 3. The lowest BCUT2D eigenvalue weighted by Gasteiger charge is -2.14. The van der Waals surface area contributed by atoms with Crippen molar-refractivity contribution in [2.75, 3.05) is 10.2 Å². The molecule has 0 unspecified atom stereocenters. The van der Waals surface area contributed by atoms with Crippen LogP contribution < -0.4 is 10.2 Å². The van der Waals surface area contributed by atoms with Crippen LogP contribution in [0, 0.1) is 0 Å². The average molecular weight is 392 g/mol. The minimum atomic E-state index is -0.372. The predicted molar refractivity (Wildman–Crippen MR) is 105 cm³/mol. The van der Waals surface area contributed by atoms with Crippen molar-refractivity contribution in [3.05, 3.63) is 70.7 Å². The number of anilines is 2. The van der Waals surface area contributed by atoms with Crippen molar-refractivity contribution < 1.29 is 14.4 Å².